The Labute approximate surface area is 96.7 Å². The van der Waals surface area contributed by atoms with Crippen LogP contribution < -0.4 is 4.57 Å². The maximum Gasteiger partial charge on any atom is 0.169 e. The van der Waals surface area contributed by atoms with E-state index in [9.17, 15) is 0 Å². The molecule has 1 nitrogen and oxygen atoms in total. The average molecular weight is 210 g/mol. The smallest absolute Gasteiger partial charge is 0.169 e. The molecule has 0 spiro atoms. The minimum Gasteiger partial charge on any atom is -0.208 e. The summed E-state index contributed by atoms with van der Waals surface area (Å²) in [5.74, 6) is 0. The van der Waals surface area contributed by atoms with Crippen LogP contribution in [0.5, 0.6) is 0 Å². The summed E-state index contributed by atoms with van der Waals surface area (Å²) < 4.78 is 2.03. The van der Waals surface area contributed by atoms with Gasteiger partial charge in [0.05, 0.1) is 0 Å². The highest BCUT2D eigenvalue weighted by atomic mass is 14.9. The molecule has 0 amide bonds. The van der Waals surface area contributed by atoms with Gasteiger partial charge in [0.1, 0.15) is 7.05 Å². The number of aromatic nitrogens is 1. The molecule has 0 unspecified atom stereocenters. The van der Waals surface area contributed by atoms with Gasteiger partial charge in [-0.15, -0.1) is 0 Å². The topological polar surface area (TPSA) is 3.88 Å². The van der Waals surface area contributed by atoms with E-state index < -0.39 is 0 Å². The molecule has 0 saturated heterocycles. The monoisotopic (exact) mass is 210 g/mol. The number of pyridine rings is 1. The maximum absolute atomic E-state index is 2.13. The second kappa shape index (κ2) is 4.75. The molecule has 2 aromatic rings. The molecular formula is C15H16N+. The van der Waals surface area contributed by atoms with E-state index in [2.05, 4.69) is 67.9 Å². The van der Waals surface area contributed by atoms with E-state index in [4.69, 9.17) is 0 Å². The second-order valence-corrected chi connectivity index (χ2v) is 4.04. The van der Waals surface area contributed by atoms with Crippen molar-refractivity contribution >= 4 is 12.2 Å². The normalized spacial score (nSPS) is 10.9. The number of benzene rings is 1. The lowest BCUT2D eigenvalue weighted by Crippen LogP contribution is -2.25. The van der Waals surface area contributed by atoms with Crippen LogP contribution in [0.1, 0.15) is 16.7 Å². The summed E-state index contributed by atoms with van der Waals surface area (Å²) in [5.41, 5.74) is 3.75. The maximum atomic E-state index is 2.13. The minimum atomic E-state index is 1.22. The average Bonchev–Trinajstić information content (AvgIpc) is 2.30. The Hall–Kier alpha value is -1.89. The SMILES string of the molecule is Cc1ccc(/C=C/c2cc[n+](C)cc2)cc1. The van der Waals surface area contributed by atoms with Gasteiger partial charge in [-0.25, -0.2) is 4.57 Å². The van der Waals surface area contributed by atoms with Gasteiger partial charge in [0.25, 0.3) is 0 Å². The fraction of sp³-hybridized carbons (Fsp3) is 0.133. The van der Waals surface area contributed by atoms with E-state index >= 15 is 0 Å². The molecule has 0 N–H and O–H groups in total. The first-order valence-corrected chi connectivity index (χ1v) is 5.44. The highest BCUT2D eigenvalue weighted by molar-refractivity contribution is 5.69. The summed E-state index contributed by atoms with van der Waals surface area (Å²) in [4.78, 5) is 0. The summed E-state index contributed by atoms with van der Waals surface area (Å²) >= 11 is 0. The van der Waals surface area contributed by atoms with Gasteiger partial charge in [-0.05, 0) is 18.1 Å². The van der Waals surface area contributed by atoms with Crippen LogP contribution in [-0.2, 0) is 7.05 Å². The van der Waals surface area contributed by atoms with Gasteiger partial charge in [0.2, 0.25) is 0 Å². The van der Waals surface area contributed by atoms with Gasteiger partial charge >= 0.3 is 0 Å². The van der Waals surface area contributed by atoms with E-state index in [1.54, 1.807) is 0 Å². The van der Waals surface area contributed by atoms with Gasteiger partial charge in [0.15, 0.2) is 12.4 Å². The van der Waals surface area contributed by atoms with Crippen LogP contribution in [0.3, 0.4) is 0 Å². The number of hydrogen-bond acceptors (Lipinski definition) is 0. The predicted octanol–water partition coefficient (Wildman–Crippen LogP) is 2.99. The molecule has 1 heterocycles. The zero-order chi connectivity index (χ0) is 11.4. The van der Waals surface area contributed by atoms with Crippen LogP contribution in [-0.4, -0.2) is 0 Å². The van der Waals surface area contributed by atoms with E-state index in [0.717, 1.165) is 0 Å². The Balaban J connectivity index is 2.15. The van der Waals surface area contributed by atoms with Crippen molar-refractivity contribution in [2.45, 2.75) is 6.92 Å². The van der Waals surface area contributed by atoms with Crippen molar-refractivity contribution in [1.82, 2.24) is 0 Å². The standard InChI is InChI=1S/C15H16N/c1-13-3-5-14(6-4-13)7-8-15-9-11-16(2)12-10-15/h3-12H,1-2H3/q+1/b8-7+. The highest BCUT2D eigenvalue weighted by Gasteiger charge is 1.91. The third-order valence-electron chi connectivity index (χ3n) is 2.55. The van der Waals surface area contributed by atoms with Gasteiger partial charge in [0, 0.05) is 12.1 Å². The summed E-state index contributed by atoms with van der Waals surface area (Å²) in [6.07, 6.45) is 8.36. The summed E-state index contributed by atoms with van der Waals surface area (Å²) in [6.45, 7) is 2.10. The van der Waals surface area contributed by atoms with Crippen molar-refractivity contribution in [2.24, 2.45) is 7.05 Å². The van der Waals surface area contributed by atoms with E-state index in [-0.39, 0.29) is 0 Å². The Morgan fingerprint density at radius 2 is 1.31 bits per heavy atom. The molecule has 1 heteroatoms. The van der Waals surface area contributed by atoms with E-state index in [1.807, 2.05) is 11.6 Å². The molecule has 0 atom stereocenters. The fourth-order valence-corrected chi connectivity index (χ4v) is 1.49. The van der Waals surface area contributed by atoms with Crippen LogP contribution in [0.4, 0.5) is 0 Å². The lowest BCUT2D eigenvalue weighted by atomic mass is 10.1. The van der Waals surface area contributed by atoms with E-state index in [1.165, 1.54) is 16.7 Å². The molecule has 2 rings (SSSR count). The third kappa shape index (κ3) is 2.80. The summed E-state index contributed by atoms with van der Waals surface area (Å²) in [7, 11) is 2.02. The molecule has 0 aliphatic carbocycles. The van der Waals surface area contributed by atoms with Crippen molar-refractivity contribution in [2.75, 3.05) is 0 Å². The Morgan fingerprint density at radius 1 is 0.812 bits per heavy atom. The zero-order valence-corrected chi connectivity index (χ0v) is 9.72. The quantitative estimate of drug-likeness (QED) is 0.671. The Bertz CT molecular complexity index is 430. The van der Waals surface area contributed by atoms with Gasteiger partial charge < -0.3 is 0 Å². The van der Waals surface area contributed by atoms with E-state index in [0.29, 0.717) is 0 Å². The molecule has 1 aromatic heterocycles. The summed E-state index contributed by atoms with van der Waals surface area (Å²) in [6, 6.07) is 12.7. The van der Waals surface area contributed by atoms with Crippen LogP contribution in [0.15, 0.2) is 48.8 Å². The first kappa shape index (κ1) is 10.6. The van der Waals surface area contributed by atoms with Gasteiger partial charge in [-0.1, -0.05) is 42.0 Å². The van der Waals surface area contributed by atoms with Crippen molar-refractivity contribution in [1.29, 1.82) is 0 Å². The van der Waals surface area contributed by atoms with Crippen molar-refractivity contribution < 1.29 is 4.57 Å². The highest BCUT2D eigenvalue weighted by Crippen LogP contribution is 2.08. The van der Waals surface area contributed by atoms with Crippen LogP contribution in [0.25, 0.3) is 12.2 Å². The lowest BCUT2D eigenvalue weighted by molar-refractivity contribution is -0.671. The molecular weight excluding hydrogens is 194 g/mol. The predicted molar refractivity (Wildman–Crippen MR) is 67.7 cm³/mol. The number of rotatable bonds is 2. The van der Waals surface area contributed by atoms with Crippen LogP contribution in [0.2, 0.25) is 0 Å². The van der Waals surface area contributed by atoms with Crippen LogP contribution >= 0.6 is 0 Å². The molecule has 0 aliphatic rings. The van der Waals surface area contributed by atoms with Crippen molar-refractivity contribution in [3.8, 4) is 0 Å². The molecule has 0 radical (unpaired) electrons. The minimum absolute atomic E-state index is 1.22. The lowest BCUT2D eigenvalue weighted by Gasteiger charge is -1.95. The zero-order valence-electron chi connectivity index (χ0n) is 9.72. The molecule has 16 heavy (non-hydrogen) atoms. The molecule has 1 aromatic carbocycles. The molecule has 0 bridgehead atoms. The number of hydrogen-bond donors (Lipinski definition) is 0. The van der Waals surface area contributed by atoms with Crippen molar-refractivity contribution in [3.63, 3.8) is 0 Å². The second-order valence-electron chi connectivity index (χ2n) is 4.04. The Kier molecular flexibility index (Phi) is 3.16. The summed E-state index contributed by atoms with van der Waals surface area (Å²) in [5, 5.41) is 0. The number of nitrogens with zero attached hydrogens (tertiary/aromatic N) is 1. The number of aryl methyl sites for hydroxylation is 2. The first-order chi connectivity index (χ1) is 7.74. The van der Waals surface area contributed by atoms with Gasteiger partial charge in [-0.3, -0.25) is 0 Å². The van der Waals surface area contributed by atoms with Gasteiger partial charge in [-0.2, -0.15) is 0 Å². The molecule has 80 valence electrons. The largest absolute Gasteiger partial charge is 0.208 e. The fourth-order valence-electron chi connectivity index (χ4n) is 1.49. The molecule has 0 saturated carbocycles. The third-order valence-corrected chi connectivity index (χ3v) is 2.55. The van der Waals surface area contributed by atoms with Crippen LogP contribution in [0, 0.1) is 6.92 Å². The molecule has 0 aliphatic heterocycles. The van der Waals surface area contributed by atoms with Crippen molar-refractivity contribution in [3.05, 3.63) is 65.5 Å². The Morgan fingerprint density at radius 3 is 1.88 bits per heavy atom. The first-order valence-electron chi connectivity index (χ1n) is 5.44. The molecule has 0 fully saturated rings.